The number of hydrogen-bond donors (Lipinski definition) is 2. The van der Waals surface area contributed by atoms with Gasteiger partial charge >= 0.3 is 0 Å². The van der Waals surface area contributed by atoms with Crippen molar-refractivity contribution in [2.45, 2.75) is 13.0 Å². The van der Waals surface area contributed by atoms with Crippen LogP contribution < -0.4 is 15.4 Å². The number of benzene rings is 1. The topological polar surface area (TPSA) is 50.4 Å². The third kappa shape index (κ3) is 5.58. The number of amides is 1. The Morgan fingerprint density at radius 1 is 1.44 bits per heavy atom. The number of ether oxygens (including phenoxy) is 1. The average molecular weight is 293 g/mol. The smallest absolute Gasteiger partial charge is 0.221 e. The maximum atomic E-state index is 11.4. The van der Waals surface area contributed by atoms with Gasteiger partial charge in [-0.15, -0.1) is 12.4 Å². The van der Waals surface area contributed by atoms with E-state index in [4.69, 9.17) is 16.3 Å². The molecule has 1 amide bonds. The molecule has 18 heavy (non-hydrogen) atoms. The summed E-state index contributed by atoms with van der Waals surface area (Å²) < 4.78 is 5.19. The summed E-state index contributed by atoms with van der Waals surface area (Å²) in [6.45, 7) is 1.12. The Bertz CT molecular complexity index is 386. The maximum absolute atomic E-state index is 11.4. The lowest BCUT2D eigenvalue weighted by atomic mass is 10.2. The van der Waals surface area contributed by atoms with Gasteiger partial charge in [0.1, 0.15) is 5.75 Å². The molecule has 0 radical (unpaired) electrons. The van der Waals surface area contributed by atoms with Crippen LogP contribution in [0.2, 0.25) is 5.02 Å². The predicted octanol–water partition coefficient (Wildman–Crippen LogP) is 2.00. The quantitative estimate of drug-likeness (QED) is 0.843. The lowest BCUT2D eigenvalue weighted by molar-refractivity contribution is -0.121. The monoisotopic (exact) mass is 292 g/mol. The average Bonchev–Trinajstić information content (AvgIpc) is 2.34. The predicted molar refractivity (Wildman–Crippen MR) is 75.6 cm³/mol. The first kappa shape index (κ1) is 17.0. The van der Waals surface area contributed by atoms with Gasteiger partial charge in [-0.25, -0.2) is 0 Å². The van der Waals surface area contributed by atoms with Crippen molar-refractivity contribution in [2.75, 3.05) is 20.7 Å². The molecule has 102 valence electrons. The summed E-state index contributed by atoms with van der Waals surface area (Å²) in [6, 6.07) is 5.36. The number of nitrogens with one attached hydrogen (secondary N) is 2. The van der Waals surface area contributed by atoms with Crippen LogP contribution in [0.3, 0.4) is 0 Å². The summed E-state index contributed by atoms with van der Waals surface area (Å²) in [5.41, 5.74) is 0.912. The molecule has 0 aliphatic carbocycles. The van der Waals surface area contributed by atoms with E-state index in [0.717, 1.165) is 5.56 Å². The Kier molecular flexibility index (Phi) is 8.54. The fourth-order valence-corrected chi connectivity index (χ4v) is 1.55. The maximum Gasteiger partial charge on any atom is 0.221 e. The van der Waals surface area contributed by atoms with Crippen molar-refractivity contribution in [2.24, 2.45) is 0 Å². The van der Waals surface area contributed by atoms with Crippen LogP contribution >= 0.6 is 24.0 Å². The lowest BCUT2D eigenvalue weighted by Gasteiger charge is -2.10. The van der Waals surface area contributed by atoms with Gasteiger partial charge in [0, 0.05) is 30.1 Å². The Balaban J connectivity index is 0.00000289. The standard InChI is InChI=1S/C12H17ClN2O2.ClH/c1-14-6-5-12(16)15-8-9-3-4-10(13)7-11(9)17-2;/h3-4,7,14H,5-6,8H2,1-2H3,(H,15,16);1H. The number of halogens is 2. The Morgan fingerprint density at radius 2 is 2.17 bits per heavy atom. The van der Waals surface area contributed by atoms with E-state index in [-0.39, 0.29) is 18.3 Å². The largest absolute Gasteiger partial charge is 0.496 e. The van der Waals surface area contributed by atoms with E-state index >= 15 is 0 Å². The molecule has 1 aromatic carbocycles. The molecule has 0 unspecified atom stereocenters. The summed E-state index contributed by atoms with van der Waals surface area (Å²) in [4.78, 5) is 11.4. The van der Waals surface area contributed by atoms with Gasteiger partial charge in [0.05, 0.1) is 7.11 Å². The highest BCUT2D eigenvalue weighted by molar-refractivity contribution is 6.30. The number of carbonyl (C=O) groups excluding carboxylic acids is 1. The summed E-state index contributed by atoms with van der Waals surface area (Å²) in [5.74, 6) is 0.697. The molecule has 6 heteroatoms. The molecule has 0 saturated carbocycles. The minimum atomic E-state index is 0. The molecule has 0 bridgehead atoms. The highest BCUT2D eigenvalue weighted by Gasteiger charge is 2.05. The second-order valence-electron chi connectivity index (χ2n) is 3.59. The van der Waals surface area contributed by atoms with Gasteiger partial charge in [-0.3, -0.25) is 4.79 Å². The van der Waals surface area contributed by atoms with Crippen molar-refractivity contribution < 1.29 is 9.53 Å². The molecule has 0 atom stereocenters. The van der Waals surface area contributed by atoms with Crippen LogP contribution in [0.1, 0.15) is 12.0 Å². The SMILES string of the molecule is CNCCC(=O)NCc1ccc(Cl)cc1OC.Cl. The van der Waals surface area contributed by atoms with Crippen molar-refractivity contribution in [3.63, 3.8) is 0 Å². The van der Waals surface area contributed by atoms with E-state index in [1.807, 2.05) is 13.1 Å². The van der Waals surface area contributed by atoms with E-state index in [1.54, 1.807) is 19.2 Å². The molecule has 0 aliphatic rings. The second-order valence-corrected chi connectivity index (χ2v) is 4.02. The van der Waals surface area contributed by atoms with Crippen LogP contribution in [-0.2, 0) is 11.3 Å². The van der Waals surface area contributed by atoms with Gasteiger partial charge in [0.2, 0.25) is 5.91 Å². The Hall–Kier alpha value is -0.970. The molecule has 1 aromatic rings. The van der Waals surface area contributed by atoms with E-state index < -0.39 is 0 Å². The molecule has 0 fully saturated rings. The number of rotatable bonds is 6. The van der Waals surface area contributed by atoms with E-state index in [9.17, 15) is 4.79 Å². The Morgan fingerprint density at radius 3 is 2.78 bits per heavy atom. The molecule has 4 nitrogen and oxygen atoms in total. The van der Waals surface area contributed by atoms with E-state index in [0.29, 0.717) is 30.3 Å². The highest BCUT2D eigenvalue weighted by atomic mass is 35.5. The lowest BCUT2D eigenvalue weighted by Crippen LogP contribution is -2.26. The van der Waals surface area contributed by atoms with Gasteiger partial charge < -0.3 is 15.4 Å². The molecule has 0 spiro atoms. The van der Waals surface area contributed by atoms with Crippen LogP contribution in [0.25, 0.3) is 0 Å². The number of carbonyl (C=O) groups is 1. The molecule has 0 aromatic heterocycles. The minimum Gasteiger partial charge on any atom is -0.496 e. The van der Waals surface area contributed by atoms with E-state index in [2.05, 4.69) is 10.6 Å². The Labute approximate surface area is 118 Å². The molecule has 0 aliphatic heterocycles. The van der Waals surface area contributed by atoms with Crippen LogP contribution in [0, 0.1) is 0 Å². The summed E-state index contributed by atoms with van der Waals surface area (Å²) in [5, 5.41) is 6.37. The third-order valence-corrected chi connectivity index (χ3v) is 2.56. The van der Waals surface area contributed by atoms with Crippen molar-refractivity contribution >= 4 is 29.9 Å². The molecule has 1 rings (SSSR count). The molecular formula is C12H18Cl2N2O2. The third-order valence-electron chi connectivity index (χ3n) is 2.33. The highest BCUT2D eigenvalue weighted by Crippen LogP contribution is 2.22. The fraction of sp³-hybridized carbons (Fsp3) is 0.417. The van der Waals surface area contributed by atoms with Crippen LogP contribution in [0.4, 0.5) is 0 Å². The summed E-state index contributed by atoms with van der Waals surface area (Å²) in [7, 11) is 3.40. The molecule has 2 N–H and O–H groups in total. The zero-order valence-electron chi connectivity index (χ0n) is 10.5. The molecule has 0 heterocycles. The number of methoxy groups -OCH3 is 1. The van der Waals surface area contributed by atoms with Crippen molar-refractivity contribution in [1.82, 2.24) is 10.6 Å². The van der Waals surface area contributed by atoms with Gasteiger partial charge in [0.25, 0.3) is 0 Å². The summed E-state index contributed by atoms with van der Waals surface area (Å²) >= 11 is 5.85. The molecular weight excluding hydrogens is 275 g/mol. The van der Waals surface area contributed by atoms with Crippen LogP contribution in [0.5, 0.6) is 5.75 Å². The van der Waals surface area contributed by atoms with Gasteiger partial charge in [-0.05, 0) is 19.2 Å². The first-order chi connectivity index (χ1) is 8.17. The number of hydrogen-bond acceptors (Lipinski definition) is 3. The fourth-order valence-electron chi connectivity index (χ4n) is 1.39. The first-order valence-electron chi connectivity index (χ1n) is 5.41. The van der Waals surface area contributed by atoms with E-state index in [1.165, 1.54) is 0 Å². The zero-order valence-corrected chi connectivity index (χ0v) is 12.0. The van der Waals surface area contributed by atoms with Crippen LogP contribution in [-0.4, -0.2) is 26.6 Å². The van der Waals surface area contributed by atoms with Crippen molar-refractivity contribution in [3.05, 3.63) is 28.8 Å². The van der Waals surface area contributed by atoms with Crippen LogP contribution in [0.15, 0.2) is 18.2 Å². The zero-order chi connectivity index (χ0) is 12.7. The van der Waals surface area contributed by atoms with Gasteiger partial charge in [-0.1, -0.05) is 17.7 Å². The second kappa shape index (κ2) is 9.03. The van der Waals surface area contributed by atoms with Gasteiger partial charge in [0.15, 0.2) is 0 Å². The summed E-state index contributed by atoms with van der Waals surface area (Å²) in [6.07, 6.45) is 0.465. The minimum absolute atomic E-state index is 0. The van der Waals surface area contributed by atoms with Crippen molar-refractivity contribution in [3.8, 4) is 5.75 Å². The molecule has 0 saturated heterocycles. The van der Waals surface area contributed by atoms with Crippen molar-refractivity contribution in [1.29, 1.82) is 0 Å². The van der Waals surface area contributed by atoms with Gasteiger partial charge in [-0.2, -0.15) is 0 Å². The normalized spacial score (nSPS) is 9.50. The first-order valence-corrected chi connectivity index (χ1v) is 5.79.